The first-order valence-corrected chi connectivity index (χ1v) is 8.01. The second-order valence-corrected chi connectivity index (χ2v) is 5.96. The zero-order valence-electron chi connectivity index (χ0n) is 13.4. The minimum Gasteiger partial charge on any atom is -0.395 e. The molecule has 0 spiro atoms. The molecule has 0 bridgehead atoms. The number of rotatable bonds is 7. The maximum Gasteiger partial charge on any atom is 0.221 e. The van der Waals surface area contributed by atoms with Gasteiger partial charge in [-0.2, -0.15) is 0 Å². The van der Waals surface area contributed by atoms with E-state index >= 15 is 0 Å². The minimum atomic E-state index is -1.54. The number of hydrogen-bond acceptors (Lipinski definition) is 4. The van der Waals surface area contributed by atoms with E-state index in [9.17, 15) is 19.4 Å². The maximum atomic E-state index is 14.2. The Labute approximate surface area is 136 Å². The quantitative estimate of drug-likeness (QED) is 0.683. The van der Waals surface area contributed by atoms with Crippen LogP contribution in [-0.2, 0) is 11.2 Å². The van der Waals surface area contributed by atoms with Gasteiger partial charge < -0.3 is 15.5 Å². The fraction of sp³-hybridized carbons (Fsp3) is 0.588. The van der Waals surface area contributed by atoms with Crippen LogP contribution in [0.1, 0.15) is 18.4 Å². The average molecular weight is 324 g/mol. The van der Waals surface area contributed by atoms with Gasteiger partial charge >= 0.3 is 0 Å². The van der Waals surface area contributed by atoms with Crippen molar-refractivity contribution < 1.29 is 19.4 Å². The molecule has 0 aliphatic carbocycles. The third-order valence-corrected chi connectivity index (χ3v) is 4.53. The van der Waals surface area contributed by atoms with E-state index in [1.54, 1.807) is 4.90 Å². The van der Waals surface area contributed by atoms with Crippen molar-refractivity contribution >= 4 is 5.91 Å². The normalized spacial score (nSPS) is 28.0. The molecule has 0 aromatic heterocycles. The molecule has 1 heterocycles. The van der Waals surface area contributed by atoms with Gasteiger partial charge in [0, 0.05) is 19.5 Å². The SMILES string of the molecule is CNC(=O)CC1C(O)C(F)C(CO)N1CCCc1ccccc1. The summed E-state index contributed by atoms with van der Waals surface area (Å²) in [6.45, 7) is 0.160. The Morgan fingerprint density at radius 1 is 1.30 bits per heavy atom. The van der Waals surface area contributed by atoms with Crippen molar-refractivity contribution in [3.63, 3.8) is 0 Å². The number of nitrogens with one attached hydrogen (secondary N) is 1. The molecule has 1 aromatic carbocycles. The number of halogens is 1. The van der Waals surface area contributed by atoms with Gasteiger partial charge in [0.15, 0.2) is 0 Å². The fourth-order valence-corrected chi connectivity index (χ4v) is 3.24. The van der Waals surface area contributed by atoms with E-state index in [4.69, 9.17) is 0 Å². The number of hydrogen-bond donors (Lipinski definition) is 3. The van der Waals surface area contributed by atoms with Crippen molar-refractivity contribution in [2.24, 2.45) is 0 Å². The lowest BCUT2D eigenvalue weighted by Crippen LogP contribution is -2.43. The number of likely N-dealkylation sites (tertiary alicyclic amines) is 1. The van der Waals surface area contributed by atoms with Crippen LogP contribution in [0.3, 0.4) is 0 Å². The summed E-state index contributed by atoms with van der Waals surface area (Å²) in [7, 11) is 1.51. The van der Waals surface area contributed by atoms with E-state index in [1.807, 2.05) is 30.3 Å². The smallest absolute Gasteiger partial charge is 0.221 e. The summed E-state index contributed by atoms with van der Waals surface area (Å²) in [6, 6.07) is 8.60. The first-order valence-electron chi connectivity index (χ1n) is 8.01. The molecule has 1 amide bonds. The van der Waals surface area contributed by atoms with Gasteiger partial charge in [0.05, 0.1) is 12.6 Å². The van der Waals surface area contributed by atoms with Crippen LogP contribution in [-0.4, -0.2) is 65.6 Å². The van der Waals surface area contributed by atoms with Crippen molar-refractivity contribution in [2.75, 3.05) is 20.2 Å². The molecule has 1 fully saturated rings. The third-order valence-electron chi connectivity index (χ3n) is 4.53. The molecular weight excluding hydrogens is 299 g/mol. The Morgan fingerprint density at radius 3 is 2.61 bits per heavy atom. The molecule has 2 rings (SSSR count). The minimum absolute atomic E-state index is 0.0277. The van der Waals surface area contributed by atoms with Crippen LogP contribution in [0.2, 0.25) is 0 Å². The predicted octanol–water partition coefficient (Wildman–Crippen LogP) is 0.499. The molecule has 0 radical (unpaired) electrons. The van der Waals surface area contributed by atoms with Crippen molar-refractivity contribution in [3.05, 3.63) is 35.9 Å². The molecule has 1 aliphatic heterocycles. The van der Waals surface area contributed by atoms with E-state index in [1.165, 1.54) is 12.6 Å². The highest BCUT2D eigenvalue weighted by Gasteiger charge is 2.48. The van der Waals surface area contributed by atoms with Gasteiger partial charge in [-0.3, -0.25) is 9.69 Å². The van der Waals surface area contributed by atoms with Crippen molar-refractivity contribution in [2.45, 2.75) is 43.6 Å². The fourth-order valence-electron chi connectivity index (χ4n) is 3.24. The lowest BCUT2D eigenvalue weighted by molar-refractivity contribution is -0.122. The summed E-state index contributed by atoms with van der Waals surface area (Å²) in [5.74, 6) is -0.243. The lowest BCUT2D eigenvalue weighted by Gasteiger charge is -2.29. The topological polar surface area (TPSA) is 72.8 Å². The van der Waals surface area contributed by atoms with E-state index in [-0.39, 0.29) is 18.9 Å². The summed E-state index contributed by atoms with van der Waals surface area (Å²) in [5, 5.41) is 22.0. The van der Waals surface area contributed by atoms with Crippen molar-refractivity contribution in [3.8, 4) is 0 Å². The first-order chi connectivity index (χ1) is 11.1. The number of carbonyl (C=O) groups is 1. The van der Waals surface area contributed by atoms with Gasteiger partial charge in [-0.1, -0.05) is 30.3 Å². The van der Waals surface area contributed by atoms with Gasteiger partial charge in [0.1, 0.15) is 12.3 Å². The van der Waals surface area contributed by atoms with Gasteiger partial charge in [-0.15, -0.1) is 0 Å². The highest BCUT2D eigenvalue weighted by atomic mass is 19.1. The number of nitrogens with zero attached hydrogens (tertiary/aromatic N) is 1. The van der Waals surface area contributed by atoms with Gasteiger partial charge in [-0.05, 0) is 24.9 Å². The van der Waals surface area contributed by atoms with E-state index in [2.05, 4.69) is 5.32 Å². The number of aliphatic hydroxyl groups is 2. The summed E-state index contributed by atoms with van der Waals surface area (Å²) in [6.07, 6.45) is -1.16. The molecular formula is C17H25FN2O3. The standard InChI is InChI=1S/C17H25FN2O3/c1-19-15(22)10-13-17(23)16(18)14(11-21)20(13)9-5-8-12-6-3-2-4-7-12/h2-4,6-7,13-14,16-17,21,23H,5,8-11H2,1H3,(H,19,22). The zero-order chi connectivity index (χ0) is 16.8. The number of benzene rings is 1. The molecule has 3 N–H and O–H groups in total. The largest absolute Gasteiger partial charge is 0.395 e. The molecule has 1 saturated heterocycles. The molecule has 6 heteroatoms. The molecule has 4 atom stereocenters. The van der Waals surface area contributed by atoms with Gasteiger partial charge in [-0.25, -0.2) is 4.39 Å². The van der Waals surface area contributed by atoms with Crippen LogP contribution in [0.15, 0.2) is 30.3 Å². The van der Waals surface area contributed by atoms with Crippen molar-refractivity contribution in [1.82, 2.24) is 10.2 Å². The van der Waals surface area contributed by atoms with E-state index in [0.29, 0.717) is 6.54 Å². The van der Waals surface area contributed by atoms with Gasteiger partial charge in [0.2, 0.25) is 5.91 Å². The van der Waals surface area contributed by atoms with Crippen LogP contribution in [0.5, 0.6) is 0 Å². The highest BCUT2D eigenvalue weighted by Crippen LogP contribution is 2.30. The van der Waals surface area contributed by atoms with Gasteiger partial charge in [0.25, 0.3) is 0 Å². The highest BCUT2D eigenvalue weighted by molar-refractivity contribution is 5.76. The molecule has 5 nitrogen and oxygen atoms in total. The van der Waals surface area contributed by atoms with Crippen LogP contribution < -0.4 is 5.32 Å². The van der Waals surface area contributed by atoms with Crippen molar-refractivity contribution in [1.29, 1.82) is 0 Å². The van der Waals surface area contributed by atoms with Crippen LogP contribution in [0.4, 0.5) is 4.39 Å². The zero-order valence-corrected chi connectivity index (χ0v) is 13.4. The Hall–Kier alpha value is -1.50. The predicted molar refractivity (Wildman–Crippen MR) is 85.7 cm³/mol. The van der Waals surface area contributed by atoms with Crippen LogP contribution >= 0.6 is 0 Å². The third kappa shape index (κ3) is 4.28. The second kappa shape index (κ2) is 8.38. The summed E-state index contributed by atoms with van der Waals surface area (Å²) in [5.41, 5.74) is 1.19. The summed E-state index contributed by atoms with van der Waals surface area (Å²) < 4.78 is 14.2. The maximum absolute atomic E-state index is 14.2. The first kappa shape index (κ1) is 17.8. The summed E-state index contributed by atoms with van der Waals surface area (Å²) >= 11 is 0. The Morgan fingerprint density at radius 2 is 2.00 bits per heavy atom. The lowest BCUT2D eigenvalue weighted by atomic mass is 10.1. The Bertz CT molecular complexity index is 500. The molecule has 1 aliphatic rings. The second-order valence-electron chi connectivity index (χ2n) is 5.96. The molecule has 4 unspecified atom stereocenters. The molecule has 128 valence electrons. The number of aliphatic hydroxyl groups excluding tert-OH is 2. The molecule has 23 heavy (non-hydrogen) atoms. The average Bonchev–Trinajstić information content (AvgIpc) is 2.80. The summed E-state index contributed by atoms with van der Waals surface area (Å²) in [4.78, 5) is 13.4. The number of amides is 1. The molecule has 0 saturated carbocycles. The number of carbonyl (C=O) groups excluding carboxylic acids is 1. The number of aryl methyl sites for hydroxylation is 1. The van der Waals surface area contributed by atoms with E-state index in [0.717, 1.165) is 12.8 Å². The molecule has 1 aromatic rings. The Kier molecular flexibility index (Phi) is 6.50. The Balaban J connectivity index is 2.00. The van der Waals surface area contributed by atoms with E-state index < -0.39 is 24.4 Å². The van der Waals surface area contributed by atoms with Crippen LogP contribution in [0.25, 0.3) is 0 Å². The monoisotopic (exact) mass is 324 g/mol. The van der Waals surface area contributed by atoms with Crippen LogP contribution in [0, 0.1) is 0 Å². The number of alkyl halides is 1.